The number of halogens is 1. The topological polar surface area (TPSA) is 29.5 Å². The molecule has 0 aliphatic rings. The van der Waals surface area contributed by atoms with Crippen LogP contribution in [0.2, 0.25) is 5.02 Å². The summed E-state index contributed by atoms with van der Waals surface area (Å²) in [5.74, 6) is 2.29. The molecule has 19 heavy (non-hydrogen) atoms. The lowest BCUT2D eigenvalue weighted by Gasteiger charge is -2.13. The molecule has 3 heteroatoms. The largest absolute Gasteiger partial charge is 0.506 e. The number of aromatic hydroxyl groups is 1. The van der Waals surface area contributed by atoms with Crippen molar-refractivity contribution >= 4 is 11.6 Å². The number of hydrogen-bond donors (Lipinski definition) is 1. The summed E-state index contributed by atoms with van der Waals surface area (Å²) < 4.78 is 5.64. The highest BCUT2D eigenvalue weighted by atomic mass is 35.5. The van der Waals surface area contributed by atoms with E-state index in [0.29, 0.717) is 17.5 Å². The Kier molecular flexibility index (Phi) is 7.07. The second-order valence-electron chi connectivity index (χ2n) is 5.68. The van der Waals surface area contributed by atoms with Gasteiger partial charge in [0, 0.05) is 6.07 Å². The first-order valence-electron chi connectivity index (χ1n) is 7.10. The fourth-order valence-electron chi connectivity index (χ4n) is 1.97. The Labute approximate surface area is 121 Å². The highest BCUT2D eigenvalue weighted by Gasteiger charge is 2.05. The third-order valence-electron chi connectivity index (χ3n) is 3.28. The quantitative estimate of drug-likeness (QED) is 0.704. The van der Waals surface area contributed by atoms with Gasteiger partial charge in [-0.05, 0) is 30.4 Å². The van der Waals surface area contributed by atoms with E-state index in [1.165, 1.54) is 19.3 Å². The molecule has 0 aliphatic carbocycles. The molecule has 1 atom stereocenters. The van der Waals surface area contributed by atoms with E-state index in [-0.39, 0.29) is 5.75 Å². The summed E-state index contributed by atoms with van der Waals surface area (Å²) in [6, 6.07) is 4.95. The van der Waals surface area contributed by atoms with Crippen molar-refractivity contribution in [2.75, 3.05) is 6.61 Å². The molecule has 0 spiro atoms. The van der Waals surface area contributed by atoms with Crippen LogP contribution < -0.4 is 4.74 Å². The predicted molar refractivity (Wildman–Crippen MR) is 81.1 cm³/mol. The average molecular weight is 285 g/mol. The number of phenols is 1. The van der Waals surface area contributed by atoms with E-state index in [1.54, 1.807) is 18.2 Å². The highest BCUT2D eigenvalue weighted by molar-refractivity contribution is 6.32. The van der Waals surface area contributed by atoms with Crippen molar-refractivity contribution < 1.29 is 9.84 Å². The van der Waals surface area contributed by atoms with E-state index in [9.17, 15) is 5.11 Å². The summed E-state index contributed by atoms with van der Waals surface area (Å²) in [5, 5.41) is 9.65. The lowest BCUT2D eigenvalue weighted by Crippen LogP contribution is -2.04. The maximum absolute atomic E-state index is 9.31. The van der Waals surface area contributed by atoms with Crippen LogP contribution in [0.1, 0.15) is 46.5 Å². The Hall–Kier alpha value is -0.890. The van der Waals surface area contributed by atoms with Gasteiger partial charge >= 0.3 is 0 Å². The molecule has 0 fully saturated rings. The molecule has 0 saturated heterocycles. The third kappa shape index (κ3) is 6.72. The monoisotopic (exact) mass is 284 g/mol. The molecule has 108 valence electrons. The Morgan fingerprint density at radius 2 is 1.89 bits per heavy atom. The summed E-state index contributed by atoms with van der Waals surface area (Å²) in [6.45, 7) is 7.50. The van der Waals surface area contributed by atoms with E-state index >= 15 is 0 Å². The number of benzene rings is 1. The molecule has 0 heterocycles. The highest BCUT2D eigenvalue weighted by Crippen LogP contribution is 2.27. The van der Waals surface area contributed by atoms with Gasteiger partial charge < -0.3 is 9.84 Å². The fourth-order valence-corrected chi connectivity index (χ4v) is 2.14. The van der Waals surface area contributed by atoms with Gasteiger partial charge in [-0.1, -0.05) is 51.6 Å². The van der Waals surface area contributed by atoms with Crippen LogP contribution in [0.4, 0.5) is 0 Å². The van der Waals surface area contributed by atoms with E-state index in [1.807, 2.05) is 0 Å². The van der Waals surface area contributed by atoms with Crippen LogP contribution in [-0.4, -0.2) is 11.7 Å². The minimum Gasteiger partial charge on any atom is -0.506 e. The fraction of sp³-hybridized carbons (Fsp3) is 0.625. The van der Waals surface area contributed by atoms with Gasteiger partial charge in [0.25, 0.3) is 0 Å². The first-order valence-corrected chi connectivity index (χ1v) is 7.48. The van der Waals surface area contributed by atoms with Crippen molar-refractivity contribution in [2.45, 2.75) is 46.5 Å². The van der Waals surface area contributed by atoms with E-state index in [4.69, 9.17) is 16.3 Å². The van der Waals surface area contributed by atoms with Gasteiger partial charge in [-0.2, -0.15) is 0 Å². The molecule has 0 bridgehead atoms. The van der Waals surface area contributed by atoms with E-state index in [2.05, 4.69) is 20.8 Å². The minimum absolute atomic E-state index is 0.0936. The molecule has 1 unspecified atom stereocenters. The molecule has 0 radical (unpaired) electrons. The first-order chi connectivity index (χ1) is 8.99. The summed E-state index contributed by atoms with van der Waals surface area (Å²) in [6.07, 6.45) is 4.91. The molecular formula is C16H25ClO2. The minimum atomic E-state index is 0.0936. The maximum atomic E-state index is 9.31. The van der Waals surface area contributed by atoms with Gasteiger partial charge in [0.15, 0.2) is 0 Å². The number of ether oxygens (including phenoxy) is 1. The van der Waals surface area contributed by atoms with Crippen LogP contribution in [0.3, 0.4) is 0 Å². The summed E-state index contributed by atoms with van der Waals surface area (Å²) in [7, 11) is 0. The Morgan fingerprint density at radius 1 is 1.16 bits per heavy atom. The number of hydrogen-bond acceptors (Lipinski definition) is 2. The number of rotatable bonds is 8. The second kappa shape index (κ2) is 8.31. The standard InChI is InChI=1S/C16H25ClO2/c1-12(2)5-4-6-13(3)9-10-19-14-7-8-16(18)15(17)11-14/h7-8,11-13,18H,4-6,9-10H2,1-3H3. The van der Waals surface area contributed by atoms with Crippen LogP contribution >= 0.6 is 11.6 Å². The molecule has 1 aromatic carbocycles. The van der Waals surface area contributed by atoms with Crippen LogP contribution in [0.5, 0.6) is 11.5 Å². The van der Waals surface area contributed by atoms with Crippen molar-refractivity contribution in [1.82, 2.24) is 0 Å². The van der Waals surface area contributed by atoms with Crippen LogP contribution in [-0.2, 0) is 0 Å². The van der Waals surface area contributed by atoms with Crippen molar-refractivity contribution in [3.05, 3.63) is 23.2 Å². The van der Waals surface area contributed by atoms with Crippen LogP contribution in [0.15, 0.2) is 18.2 Å². The van der Waals surface area contributed by atoms with E-state index in [0.717, 1.165) is 18.1 Å². The van der Waals surface area contributed by atoms with Gasteiger partial charge in [0.05, 0.1) is 11.6 Å². The third-order valence-corrected chi connectivity index (χ3v) is 3.58. The summed E-state index contributed by atoms with van der Waals surface area (Å²) in [4.78, 5) is 0. The van der Waals surface area contributed by atoms with E-state index < -0.39 is 0 Å². The zero-order valence-corrected chi connectivity index (χ0v) is 12.9. The van der Waals surface area contributed by atoms with Gasteiger partial charge in [0.2, 0.25) is 0 Å². The molecule has 2 nitrogen and oxygen atoms in total. The van der Waals surface area contributed by atoms with Crippen LogP contribution in [0.25, 0.3) is 0 Å². The Bertz CT molecular complexity index is 377. The molecular weight excluding hydrogens is 260 g/mol. The zero-order valence-electron chi connectivity index (χ0n) is 12.2. The Morgan fingerprint density at radius 3 is 2.53 bits per heavy atom. The second-order valence-corrected chi connectivity index (χ2v) is 6.09. The molecule has 1 aromatic rings. The smallest absolute Gasteiger partial charge is 0.134 e. The van der Waals surface area contributed by atoms with Gasteiger partial charge in [-0.25, -0.2) is 0 Å². The summed E-state index contributed by atoms with van der Waals surface area (Å²) >= 11 is 5.82. The van der Waals surface area contributed by atoms with Gasteiger partial charge in [-0.15, -0.1) is 0 Å². The van der Waals surface area contributed by atoms with Gasteiger partial charge in [-0.3, -0.25) is 0 Å². The molecule has 0 saturated carbocycles. The maximum Gasteiger partial charge on any atom is 0.134 e. The Balaban J connectivity index is 2.20. The normalized spacial score (nSPS) is 12.7. The molecule has 0 aromatic heterocycles. The SMILES string of the molecule is CC(C)CCCC(C)CCOc1ccc(O)c(Cl)c1. The molecule has 1 N–H and O–H groups in total. The van der Waals surface area contributed by atoms with Crippen molar-refractivity contribution in [2.24, 2.45) is 11.8 Å². The van der Waals surface area contributed by atoms with Crippen molar-refractivity contribution in [3.8, 4) is 11.5 Å². The molecule has 0 aliphatic heterocycles. The average Bonchev–Trinajstić information content (AvgIpc) is 2.33. The molecule has 1 rings (SSSR count). The zero-order chi connectivity index (χ0) is 14.3. The number of phenolic OH excluding ortho intramolecular Hbond substituents is 1. The van der Waals surface area contributed by atoms with Gasteiger partial charge in [0.1, 0.15) is 11.5 Å². The van der Waals surface area contributed by atoms with Crippen molar-refractivity contribution in [3.63, 3.8) is 0 Å². The molecule has 0 amide bonds. The first kappa shape index (κ1) is 16.2. The lowest BCUT2D eigenvalue weighted by atomic mass is 9.98. The predicted octanol–water partition coefficient (Wildman–Crippen LogP) is 5.28. The summed E-state index contributed by atoms with van der Waals surface area (Å²) in [5.41, 5.74) is 0. The van der Waals surface area contributed by atoms with Crippen molar-refractivity contribution in [1.29, 1.82) is 0 Å². The lowest BCUT2D eigenvalue weighted by molar-refractivity contribution is 0.275. The van der Waals surface area contributed by atoms with Crippen LogP contribution in [0, 0.1) is 11.8 Å².